The largest absolute Gasteiger partial charge is 0.335 e. The van der Waals surface area contributed by atoms with Crippen LogP contribution in [0.2, 0.25) is 0 Å². The van der Waals surface area contributed by atoms with Crippen molar-refractivity contribution < 1.29 is 9.59 Å². The molecule has 0 heterocycles. The number of carbonyl (C=O) groups is 1. The molecule has 0 aliphatic heterocycles. The van der Waals surface area contributed by atoms with Crippen molar-refractivity contribution in [3.8, 4) is 0 Å². The van der Waals surface area contributed by atoms with Gasteiger partial charge in [-0.1, -0.05) is 6.08 Å². The Morgan fingerprint density at radius 1 is 1.82 bits per heavy atom. The van der Waals surface area contributed by atoms with Crippen molar-refractivity contribution in [2.24, 2.45) is 0 Å². The summed E-state index contributed by atoms with van der Waals surface area (Å²) >= 11 is 0. The van der Waals surface area contributed by atoms with Gasteiger partial charge in [0.2, 0.25) is 6.29 Å². The maximum Gasteiger partial charge on any atom is 0.317 e. The van der Waals surface area contributed by atoms with Gasteiger partial charge in [-0.05, 0) is 0 Å². The fourth-order valence-corrected chi connectivity index (χ4v) is 0.463. The highest BCUT2D eigenvalue weighted by Gasteiger charge is 2.04. The van der Waals surface area contributed by atoms with E-state index in [1.165, 1.54) is 11.9 Å². The Labute approximate surface area is 65.9 Å². The molecule has 0 fully saturated rings. The minimum absolute atomic E-state index is 0.0109. The maximum absolute atomic E-state index is 10.9. The third-order valence-corrected chi connectivity index (χ3v) is 1.05. The molecule has 61 valence electrons. The van der Waals surface area contributed by atoms with Gasteiger partial charge in [-0.15, -0.1) is 6.58 Å². The van der Waals surface area contributed by atoms with Gasteiger partial charge in [-0.3, -0.25) is 4.79 Å². The van der Waals surface area contributed by atoms with Crippen molar-refractivity contribution in [2.75, 3.05) is 20.1 Å². The second kappa shape index (κ2) is 5.46. The number of amides is 2. The Morgan fingerprint density at radius 2 is 2.45 bits per heavy atom. The summed E-state index contributed by atoms with van der Waals surface area (Å²) in [6.45, 7) is 3.82. The van der Waals surface area contributed by atoms with Crippen molar-refractivity contribution in [1.82, 2.24) is 10.2 Å². The van der Waals surface area contributed by atoms with Gasteiger partial charge >= 0.3 is 6.03 Å². The monoisotopic (exact) mass is 155 g/mol. The summed E-state index contributed by atoms with van der Waals surface area (Å²) in [4.78, 5) is 21.9. The molecule has 1 N–H and O–H groups in total. The van der Waals surface area contributed by atoms with Gasteiger partial charge in [0.05, 0.1) is 6.54 Å². The lowest BCUT2D eigenvalue weighted by atomic mass is 10.6. The predicted molar refractivity (Wildman–Crippen MR) is 41.9 cm³/mol. The zero-order valence-electron chi connectivity index (χ0n) is 6.46. The molecule has 4 heteroatoms. The van der Waals surface area contributed by atoms with Crippen molar-refractivity contribution in [2.45, 2.75) is 0 Å². The highest BCUT2D eigenvalue weighted by Crippen LogP contribution is 1.80. The zero-order chi connectivity index (χ0) is 8.69. The summed E-state index contributed by atoms with van der Waals surface area (Å²) in [6, 6.07) is -0.298. The van der Waals surface area contributed by atoms with Crippen LogP contribution in [-0.2, 0) is 4.79 Å². The molecule has 0 aromatic heterocycles. The molecule has 0 aliphatic rings. The summed E-state index contributed by atoms with van der Waals surface area (Å²) in [5.41, 5.74) is 0. The predicted octanol–water partition coefficient (Wildman–Crippen LogP) is -0.0765. The fraction of sp³-hybridized carbons (Fsp3) is 0.429. The SMILES string of the molecule is C=CCNC(=O)N(C)C[C]=O. The topological polar surface area (TPSA) is 49.4 Å². The van der Waals surface area contributed by atoms with E-state index in [0.717, 1.165) is 0 Å². The van der Waals surface area contributed by atoms with Crippen LogP contribution in [0.4, 0.5) is 4.79 Å². The lowest BCUT2D eigenvalue weighted by Gasteiger charge is -2.12. The normalized spacial score (nSPS) is 8.45. The van der Waals surface area contributed by atoms with E-state index >= 15 is 0 Å². The van der Waals surface area contributed by atoms with E-state index in [0.29, 0.717) is 6.54 Å². The summed E-state index contributed by atoms with van der Waals surface area (Å²) in [6.07, 6.45) is 3.18. The number of nitrogens with one attached hydrogen (secondary N) is 1. The molecule has 4 nitrogen and oxygen atoms in total. The second-order valence-electron chi connectivity index (χ2n) is 1.98. The molecule has 0 saturated heterocycles. The van der Waals surface area contributed by atoms with Crippen LogP contribution in [0.3, 0.4) is 0 Å². The van der Waals surface area contributed by atoms with Gasteiger partial charge in [-0.25, -0.2) is 4.79 Å². The van der Waals surface area contributed by atoms with E-state index in [1.54, 1.807) is 12.4 Å². The first-order valence-corrected chi connectivity index (χ1v) is 3.17. The van der Waals surface area contributed by atoms with Crippen LogP contribution < -0.4 is 5.32 Å². The molecular weight excluding hydrogens is 144 g/mol. The molecule has 0 atom stereocenters. The molecular formula is C7H11N2O2. The minimum Gasteiger partial charge on any atom is -0.335 e. The number of carbonyl (C=O) groups excluding carboxylic acids is 2. The van der Waals surface area contributed by atoms with Crippen molar-refractivity contribution >= 4 is 12.3 Å². The molecule has 2 amide bonds. The first-order chi connectivity index (χ1) is 5.22. The van der Waals surface area contributed by atoms with Crippen LogP contribution in [0.25, 0.3) is 0 Å². The molecule has 0 unspecified atom stereocenters. The van der Waals surface area contributed by atoms with E-state index in [9.17, 15) is 9.59 Å². The summed E-state index contributed by atoms with van der Waals surface area (Å²) in [7, 11) is 1.52. The average molecular weight is 155 g/mol. The van der Waals surface area contributed by atoms with Crippen LogP contribution in [0.5, 0.6) is 0 Å². The number of rotatable bonds is 4. The molecule has 11 heavy (non-hydrogen) atoms. The third kappa shape index (κ3) is 4.13. The first-order valence-electron chi connectivity index (χ1n) is 3.17. The Morgan fingerprint density at radius 3 is 2.91 bits per heavy atom. The number of hydrogen-bond acceptors (Lipinski definition) is 2. The molecule has 0 rings (SSSR count). The second-order valence-corrected chi connectivity index (χ2v) is 1.98. The summed E-state index contributed by atoms with van der Waals surface area (Å²) in [5, 5.41) is 2.51. The minimum atomic E-state index is -0.298. The number of nitrogens with zero attached hydrogens (tertiary/aromatic N) is 1. The molecule has 0 bridgehead atoms. The molecule has 0 aromatic rings. The van der Waals surface area contributed by atoms with Crippen molar-refractivity contribution in [3.63, 3.8) is 0 Å². The average Bonchev–Trinajstić information content (AvgIpc) is 2.00. The van der Waals surface area contributed by atoms with Crippen LogP contribution in [0.15, 0.2) is 12.7 Å². The fourth-order valence-electron chi connectivity index (χ4n) is 0.463. The third-order valence-electron chi connectivity index (χ3n) is 1.05. The quantitative estimate of drug-likeness (QED) is 0.577. The van der Waals surface area contributed by atoms with Crippen molar-refractivity contribution in [1.29, 1.82) is 0 Å². The van der Waals surface area contributed by atoms with E-state index in [1.807, 2.05) is 0 Å². The van der Waals surface area contributed by atoms with Gasteiger partial charge in [0.15, 0.2) is 0 Å². The van der Waals surface area contributed by atoms with E-state index in [-0.39, 0.29) is 12.6 Å². The van der Waals surface area contributed by atoms with E-state index in [4.69, 9.17) is 0 Å². The van der Waals surface area contributed by atoms with Gasteiger partial charge in [0.1, 0.15) is 0 Å². The Bertz CT molecular complexity index is 157. The smallest absolute Gasteiger partial charge is 0.317 e. The number of likely N-dealkylation sites (N-methyl/N-ethyl adjacent to an activating group) is 1. The number of hydrogen-bond donors (Lipinski definition) is 1. The van der Waals surface area contributed by atoms with Gasteiger partial charge in [0.25, 0.3) is 0 Å². The van der Waals surface area contributed by atoms with E-state index in [2.05, 4.69) is 11.9 Å². The highest BCUT2D eigenvalue weighted by molar-refractivity contribution is 5.76. The molecule has 0 aliphatic carbocycles. The van der Waals surface area contributed by atoms with Gasteiger partial charge < -0.3 is 10.2 Å². The Balaban J connectivity index is 3.62. The maximum atomic E-state index is 10.9. The first kappa shape index (κ1) is 9.68. The lowest BCUT2D eigenvalue weighted by molar-refractivity contribution is 0.215. The van der Waals surface area contributed by atoms with E-state index < -0.39 is 0 Å². The number of urea groups is 1. The summed E-state index contributed by atoms with van der Waals surface area (Å²) < 4.78 is 0. The van der Waals surface area contributed by atoms with Crippen LogP contribution in [0.1, 0.15) is 0 Å². The molecule has 0 spiro atoms. The van der Waals surface area contributed by atoms with Gasteiger partial charge in [-0.2, -0.15) is 0 Å². The molecule has 1 radical (unpaired) electrons. The lowest BCUT2D eigenvalue weighted by Crippen LogP contribution is -2.38. The van der Waals surface area contributed by atoms with Crippen LogP contribution >= 0.6 is 0 Å². The molecule has 0 aromatic carbocycles. The Kier molecular flexibility index (Phi) is 4.81. The van der Waals surface area contributed by atoms with Crippen LogP contribution in [0, 0.1) is 0 Å². The van der Waals surface area contributed by atoms with Gasteiger partial charge in [0, 0.05) is 13.6 Å². The van der Waals surface area contributed by atoms with Crippen molar-refractivity contribution in [3.05, 3.63) is 12.7 Å². The standard InChI is InChI=1S/C7H11N2O2/c1-3-4-8-7(11)9(2)5-6-10/h3H,1,4-5H2,2H3,(H,8,11). The molecule has 0 saturated carbocycles. The van der Waals surface area contributed by atoms with Crippen LogP contribution in [-0.4, -0.2) is 37.4 Å². The highest BCUT2D eigenvalue weighted by atomic mass is 16.2. The Hall–Kier alpha value is -1.32. The summed E-state index contributed by atoms with van der Waals surface area (Å²) in [5.74, 6) is 0. The zero-order valence-corrected chi connectivity index (χ0v) is 6.46.